The van der Waals surface area contributed by atoms with Crippen molar-refractivity contribution in [3.8, 4) is 11.5 Å². The Labute approximate surface area is 163 Å². The Morgan fingerprint density at radius 3 is 2.70 bits per heavy atom. The second-order valence-corrected chi connectivity index (χ2v) is 7.58. The third kappa shape index (κ3) is 2.40. The van der Waals surface area contributed by atoms with Crippen molar-refractivity contribution in [2.45, 2.75) is 5.92 Å². The van der Waals surface area contributed by atoms with Crippen LogP contribution in [0.3, 0.4) is 0 Å². The Bertz CT molecular complexity index is 1170. The minimum Gasteiger partial charge on any atom is -0.508 e. The Balaban J connectivity index is 1.84. The van der Waals surface area contributed by atoms with Gasteiger partial charge >= 0.3 is 5.97 Å². The van der Waals surface area contributed by atoms with Crippen LogP contribution in [0.15, 0.2) is 64.3 Å². The van der Waals surface area contributed by atoms with E-state index in [1.807, 2.05) is 24.3 Å². The second kappa shape index (κ2) is 5.76. The van der Waals surface area contributed by atoms with Gasteiger partial charge in [-0.05, 0) is 41.3 Å². The summed E-state index contributed by atoms with van der Waals surface area (Å²) in [7, 11) is 0. The van der Waals surface area contributed by atoms with Crippen LogP contribution in [-0.4, -0.2) is 22.8 Å². The van der Waals surface area contributed by atoms with Crippen LogP contribution in [0.25, 0.3) is 10.8 Å². The summed E-state index contributed by atoms with van der Waals surface area (Å²) < 4.78 is 6.08. The smallest absolute Gasteiger partial charge is 0.337 e. The third-order valence-electron chi connectivity index (χ3n) is 5.11. The van der Waals surface area contributed by atoms with Crippen LogP contribution in [0, 0.1) is 0 Å². The summed E-state index contributed by atoms with van der Waals surface area (Å²) in [5.41, 5.74) is 3.48. The van der Waals surface area contributed by atoms with Crippen LogP contribution < -0.4 is 5.32 Å². The number of ether oxygens (including phenoxy) is 1. The van der Waals surface area contributed by atoms with Crippen LogP contribution >= 0.6 is 15.9 Å². The molecule has 27 heavy (non-hydrogen) atoms. The molecule has 5 nitrogen and oxygen atoms in total. The highest BCUT2D eigenvalue weighted by atomic mass is 79.9. The Hall–Kier alpha value is -2.99. The molecular weight excluding hydrogens is 410 g/mol. The predicted molar refractivity (Wildman–Crippen MR) is 105 cm³/mol. The maximum atomic E-state index is 12.5. The summed E-state index contributed by atoms with van der Waals surface area (Å²) in [4.78, 5) is 12.5. The van der Waals surface area contributed by atoms with Crippen molar-refractivity contribution in [1.82, 2.24) is 0 Å². The van der Waals surface area contributed by atoms with E-state index in [2.05, 4.69) is 21.2 Å². The number of anilines is 1. The van der Waals surface area contributed by atoms with Gasteiger partial charge < -0.3 is 20.3 Å². The summed E-state index contributed by atoms with van der Waals surface area (Å²) >= 11 is 3.45. The lowest BCUT2D eigenvalue weighted by molar-refractivity contribution is -0.136. The number of rotatable bonds is 1. The summed E-state index contributed by atoms with van der Waals surface area (Å²) in [5.74, 6) is -0.573. The van der Waals surface area contributed by atoms with Crippen LogP contribution in [0.2, 0.25) is 0 Å². The van der Waals surface area contributed by atoms with E-state index in [0.717, 1.165) is 26.5 Å². The average Bonchev–Trinajstić information content (AvgIpc) is 3.03. The topological polar surface area (TPSA) is 78.8 Å². The lowest BCUT2D eigenvalue weighted by Crippen LogP contribution is -2.20. The number of phenolic OH excluding ortho intramolecular Hbond substituents is 2. The molecule has 3 aromatic rings. The standard InChI is InChI=1S/C21H14BrNO4/c22-11-3-6-17(25)15(7-11)18-13-5-2-10-1-4-12(24)8-14(10)20(13)23-16-9-27-21(26)19(16)18/h1-8,18,23-25H,9H2. The van der Waals surface area contributed by atoms with Crippen molar-refractivity contribution in [1.29, 1.82) is 0 Å². The second-order valence-electron chi connectivity index (χ2n) is 6.66. The SMILES string of the molecule is O=C1OCC2=C1C(c1cc(Br)ccc1O)c1ccc3ccc(O)cc3c1N2. The van der Waals surface area contributed by atoms with Crippen molar-refractivity contribution >= 4 is 38.4 Å². The number of nitrogens with one attached hydrogen (secondary N) is 1. The average molecular weight is 424 g/mol. The number of cyclic esters (lactones) is 1. The third-order valence-corrected chi connectivity index (χ3v) is 5.60. The fraction of sp³-hybridized carbons (Fsp3) is 0.0952. The zero-order valence-corrected chi connectivity index (χ0v) is 15.6. The first-order chi connectivity index (χ1) is 13.0. The van der Waals surface area contributed by atoms with Gasteiger partial charge in [0.15, 0.2) is 0 Å². The Morgan fingerprint density at radius 2 is 1.85 bits per heavy atom. The number of phenols is 2. The number of fused-ring (bicyclic) bond motifs is 3. The minimum atomic E-state index is -0.463. The van der Waals surface area contributed by atoms with Gasteiger partial charge in [-0.2, -0.15) is 0 Å². The summed E-state index contributed by atoms with van der Waals surface area (Å²) in [5, 5.41) is 25.6. The van der Waals surface area contributed by atoms with E-state index in [9.17, 15) is 15.0 Å². The number of carbonyl (C=O) groups is 1. The van der Waals surface area contributed by atoms with Gasteiger partial charge in [-0.3, -0.25) is 0 Å². The molecule has 1 unspecified atom stereocenters. The highest BCUT2D eigenvalue weighted by Crippen LogP contribution is 2.49. The van der Waals surface area contributed by atoms with Crippen LogP contribution in [-0.2, 0) is 9.53 Å². The molecule has 0 amide bonds. The number of halogens is 1. The number of hydrogen-bond donors (Lipinski definition) is 3. The molecule has 0 fully saturated rings. The molecule has 134 valence electrons. The first-order valence-corrected chi connectivity index (χ1v) is 9.23. The first kappa shape index (κ1) is 16.2. The summed E-state index contributed by atoms with van der Waals surface area (Å²) in [6, 6.07) is 14.3. The predicted octanol–water partition coefficient (Wildman–Crippen LogP) is 4.38. The van der Waals surface area contributed by atoms with E-state index in [1.165, 1.54) is 0 Å². The van der Waals surface area contributed by atoms with Gasteiger partial charge in [-0.15, -0.1) is 0 Å². The number of esters is 1. The molecule has 0 aliphatic carbocycles. The van der Waals surface area contributed by atoms with E-state index < -0.39 is 5.92 Å². The zero-order valence-electron chi connectivity index (χ0n) is 14.0. The van der Waals surface area contributed by atoms with Gasteiger partial charge in [0.1, 0.15) is 18.1 Å². The van der Waals surface area contributed by atoms with Crippen molar-refractivity contribution in [2.24, 2.45) is 0 Å². The van der Waals surface area contributed by atoms with Gasteiger partial charge in [0.05, 0.1) is 17.0 Å². The maximum absolute atomic E-state index is 12.5. The molecule has 3 N–H and O–H groups in total. The number of aromatic hydroxyl groups is 2. The number of hydrogen-bond acceptors (Lipinski definition) is 5. The van der Waals surface area contributed by atoms with E-state index in [-0.39, 0.29) is 24.1 Å². The summed E-state index contributed by atoms with van der Waals surface area (Å²) in [6.45, 7) is 0.161. The van der Waals surface area contributed by atoms with Crippen molar-refractivity contribution in [2.75, 3.05) is 11.9 Å². The van der Waals surface area contributed by atoms with Gasteiger partial charge in [0.25, 0.3) is 0 Å². The highest BCUT2D eigenvalue weighted by molar-refractivity contribution is 9.10. The van der Waals surface area contributed by atoms with Gasteiger partial charge in [-0.1, -0.05) is 34.1 Å². The molecule has 0 spiro atoms. The van der Waals surface area contributed by atoms with Crippen molar-refractivity contribution in [3.63, 3.8) is 0 Å². The quantitative estimate of drug-likeness (QED) is 0.506. The molecule has 0 bridgehead atoms. The Kier molecular flexibility index (Phi) is 3.45. The molecule has 1 atom stereocenters. The van der Waals surface area contributed by atoms with E-state index in [1.54, 1.807) is 24.3 Å². The number of carbonyl (C=O) groups excluding carboxylic acids is 1. The molecule has 0 saturated carbocycles. The van der Waals surface area contributed by atoms with Crippen molar-refractivity contribution in [3.05, 3.63) is 75.4 Å². The molecule has 0 saturated heterocycles. The largest absolute Gasteiger partial charge is 0.508 e. The highest BCUT2D eigenvalue weighted by Gasteiger charge is 2.40. The van der Waals surface area contributed by atoms with Crippen LogP contribution in [0.4, 0.5) is 5.69 Å². The molecular formula is C21H14BrNO4. The van der Waals surface area contributed by atoms with Gasteiger partial charge in [0.2, 0.25) is 0 Å². The summed E-state index contributed by atoms with van der Waals surface area (Å²) in [6.07, 6.45) is 0. The number of benzene rings is 3. The first-order valence-electron chi connectivity index (χ1n) is 8.44. The van der Waals surface area contributed by atoms with Crippen LogP contribution in [0.1, 0.15) is 17.0 Å². The molecule has 3 aromatic carbocycles. The van der Waals surface area contributed by atoms with Gasteiger partial charge in [-0.25, -0.2) is 4.79 Å². The maximum Gasteiger partial charge on any atom is 0.337 e. The van der Waals surface area contributed by atoms with Gasteiger partial charge in [0, 0.05) is 21.3 Å². The molecule has 0 radical (unpaired) electrons. The van der Waals surface area contributed by atoms with E-state index in [0.29, 0.717) is 16.8 Å². The molecule has 2 heterocycles. The van der Waals surface area contributed by atoms with E-state index >= 15 is 0 Å². The Morgan fingerprint density at radius 1 is 1.04 bits per heavy atom. The molecule has 2 aliphatic rings. The van der Waals surface area contributed by atoms with Crippen molar-refractivity contribution < 1.29 is 19.7 Å². The normalized spacial score (nSPS) is 18.1. The fourth-order valence-corrected chi connectivity index (χ4v) is 4.28. The lowest BCUT2D eigenvalue weighted by Gasteiger charge is -2.29. The monoisotopic (exact) mass is 423 g/mol. The molecule has 2 aliphatic heterocycles. The minimum absolute atomic E-state index is 0.110. The van der Waals surface area contributed by atoms with E-state index in [4.69, 9.17) is 4.74 Å². The molecule has 6 heteroatoms. The fourth-order valence-electron chi connectivity index (χ4n) is 3.90. The zero-order chi connectivity index (χ0) is 18.7. The molecule has 5 rings (SSSR count). The lowest BCUT2D eigenvalue weighted by atomic mass is 9.80. The van der Waals surface area contributed by atoms with Crippen LogP contribution in [0.5, 0.6) is 11.5 Å². The molecule has 0 aromatic heterocycles.